The standard InChI is InChI=1S/C12H14N2O3S/c1-3-10(16-2)17-11(15)7-4-5-8-9(6-7)18-12(13)14-8/h4-6,10H,3H2,1-2H3,(H2,13,14). The van der Waals surface area contributed by atoms with Crippen LogP contribution < -0.4 is 5.73 Å². The van der Waals surface area contributed by atoms with Gasteiger partial charge in [-0.25, -0.2) is 9.78 Å². The fourth-order valence-electron chi connectivity index (χ4n) is 1.55. The first-order chi connectivity index (χ1) is 8.63. The van der Waals surface area contributed by atoms with E-state index >= 15 is 0 Å². The summed E-state index contributed by atoms with van der Waals surface area (Å²) in [5.74, 6) is -0.405. The van der Waals surface area contributed by atoms with Crippen molar-refractivity contribution in [3.63, 3.8) is 0 Å². The average Bonchev–Trinajstić information content (AvgIpc) is 2.74. The van der Waals surface area contributed by atoms with Gasteiger partial charge in [-0.2, -0.15) is 0 Å². The van der Waals surface area contributed by atoms with Crippen molar-refractivity contribution in [3.05, 3.63) is 23.8 Å². The van der Waals surface area contributed by atoms with Gasteiger partial charge in [0, 0.05) is 13.5 Å². The first-order valence-corrected chi connectivity index (χ1v) is 6.35. The fourth-order valence-corrected chi connectivity index (χ4v) is 2.33. The molecule has 2 N–H and O–H groups in total. The number of methoxy groups -OCH3 is 1. The number of carbonyl (C=O) groups excluding carboxylic acids is 1. The molecular formula is C12H14N2O3S. The molecule has 2 rings (SSSR count). The summed E-state index contributed by atoms with van der Waals surface area (Å²) in [6.07, 6.45) is 0.0950. The van der Waals surface area contributed by atoms with Crippen LogP contribution in [-0.4, -0.2) is 24.4 Å². The summed E-state index contributed by atoms with van der Waals surface area (Å²) in [7, 11) is 1.51. The van der Waals surface area contributed by atoms with Crippen LogP contribution in [0.3, 0.4) is 0 Å². The molecule has 18 heavy (non-hydrogen) atoms. The minimum Gasteiger partial charge on any atom is -0.432 e. The molecule has 0 bridgehead atoms. The molecule has 5 nitrogen and oxygen atoms in total. The number of nitrogen functional groups attached to an aromatic ring is 1. The fraction of sp³-hybridized carbons (Fsp3) is 0.333. The van der Waals surface area contributed by atoms with Gasteiger partial charge in [0.25, 0.3) is 0 Å². The maximum Gasteiger partial charge on any atom is 0.340 e. The van der Waals surface area contributed by atoms with Crippen LogP contribution in [0.25, 0.3) is 10.2 Å². The molecule has 0 spiro atoms. The molecule has 0 radical (unpaired) electrons. The number of anilines is 1. The topological polar surface area (TPSA) is 74.4 Å². The first kappa shape index (κ1) is 12.8. The van der Waals surface area contributed by atoms with Crippen molar-refractivity contribution in [1.29, 1.82) is 0 Å². The molecule has 96 valence electrons. The summed E-state index contributed by atoms with van der Waals surface area (Å²) in [5, 5.41) is 0.485. The highest BCUT2D eigenvalue weighted by Gasteiger charge is 2.14. The van der Waals surface area contributed by atoms with Gasteiger partial charge in [0.1, 0.15) is 0 Å². The zero-order valence-electron chi connectivity index (χ0n) is 10.2. The van der Waals surface area contributed by atoms with Crippen LogP contribution >= 0.6 is 11.3 Å². The van der Waals surface area contributed by atoms with Crippen LogP contribution in [0.2, 0.25) is 0 Å². The van der Waals surface area contributed by atoms with Gasteiger partial charge < -0.3 is 15.2 Å². The molecule has 0 aliphatic carbocycles. The van der Waals surface area contributed by atoms with E-state index in [1.165, 1.54) is 18.4 Å². The summed E-state index contributed by atoms with van der Waals surface area (Å²) in [6.45, 7) is 1.88. The van der Waals surface area contributed by atoms with Crippen LogP contribution in [0, 0.1) is 0 Å². The van der Waals surface area contributed by atoms with Gasteiger partial charge in [0.05, 0.1) is 15.8 Å². The lowest BCUT2D eigenvalue weighted by atomic mass is 10.2. The molecule has 0 amide bonds. The molecule has 0 aliphatic rings. The lowest BCUT2D eigenvalue weighted by Gasteiger charge is -2.13. The zero-order chi connectivity index (χ0) is 13.1. The Balaban J connectivity index is 2.22. The molecule has 1 atom stereocenters. The normalized spacial score (nSPS) is 12.6. The number of hydrogen-bond acceptors (Lipinski definition) is 6. The minimum absolute atomic E-state index is 0.405. The Morgan fingerprint density at radius 1 is 1.56 bits per heavy atom. The smallest absolute Gasteiger partial charge is 0.340 e. The molecule has 0 saturated heterocycles. The number of carbonyl (C=O) groups is 1. The predicted molar refractivity (Wildman–Crippen MR) is 70.5 cm³/mol. The summed E-state index contributed by atoms with van der Waals surface area (Å²) in [5.41, 5.74) is 6.87. The lowest BCUT2D eigenvalue weighted by Crippen LogP contribution is -2.19. The second-order valence-electron chi connectivity index (χ2n) is 3.71. The highest BCUT2D eigenvalue weighted by Crippen LogP contribution is 2.25. The highest BCUT2D eigenvalue weighted by atomic mass is 32.1. The van der Waals surface area contributed by atoms with Gasteiger partial charge in [-0.1, -0.05) is 18.3 Å². The third kappa shape index (κ3) is 2.60. The van der Waals surface area contributed by atoms with Crippen LogP contribution in [0.4, 0.5) is 5.13 Å². The maximum atomic E-state index is 11.9. The van der Waals surface area contributed by atoms with E-state index in [0.717, 1.165) is 10.2 Å². The molecule has 1 aromatic heterocycles. The van der Waals surface area contributed by atoms with Crippen LogP contribution in [0.15, 0.2) is 18.2 Å². The monoisotopic (exact) mass is 266 g/mol. The van der Waals surface area contributed by atoms with E-state index in [0.29, 0.717) is 17.1 Å². The van der Waals surface area contributed by atoms with Crippen molar-refractivity contribution in [2.75, 3.05) is 12.8 Å². The van der Waals surface area contributed by atoms with Gasteiger partial charge >= 0.3 is 5.97 Å². The Bertz CT molecular complexity index is 563. The van der Waals surface area contributed by atoms with E-state index in [4.69, 9.17) is 15.2 Å². The number of aromatic nitrogens is 1. The van der Waals surface area contributed by atoms with E-state index in [2.05, 4.69) is 4.98 Å². The molecule has 1 unspecified atom stereocenters. The Morgan fingerprint density at radius 3 is 3.00 bits per heavy atom. The Labute approximate surface area is 109 Å². The Hall–Kier alpha value is -1.66. The number of rotatable bonds is 4. The predicted octanol–water partition coefficient (Wildman–Crippen LogP) is 2.42. The van der Waals surface area contributed by atoms with Crippen molar-refractivity contribution >= 4 is 32.7 Å². The van der Waals surface area contributed by atoms with Gasteiger partial charge in [-0.05, 0) is 18.2 Å². The summed E-state index contributed by atoms with van der Waals surface area (Å²) in [6, 6.07) is 5.16. The third-order valence-corrected chi connectivity index (χ3v) is 3.32. The second kappa shape index (κ2) is 5.32. The number of nitrogens with two attached hydrogens (primary N) is 1. The molecule has 0 fully saturated rings. The minimum atomic E-state index is -0.514. The van der Waals surface area contributed by atoms with Crippen molar-refractivity contribution in [2.45, 2.75) is 19.6 Å². The van der Waals surface area contributed by atoms with E-state index in [1.54, 1.807) is 18.2 Å². The largest absolute Gasteiger partial charge is 0.432 e. The van der Waals surface area contributed by atoms with E-state index in [1.807, 2.05) is 6.92 Å². The van der Waals surface area contributed by atoms with Crippen LogP contribution in [0.5, 0.6) is 0 Å². The van der Waals surface area contributed by atoms with E-state index in [9.17, 15) is 4.79 Å². The van der Waals surface area contributed by atoms with E-state index < -0.39 is 12.3 Å². The average molecular weight is 266 g/mol. The number of thiazole rings is 1. The molecule has 0 saturated carbocycles. The van der Waals surface area contributed by atoms with Crippen LogP contribution in [-0.2, 0) is 9.47 Å². The maximum absolute atomic E-state index is 11.9. The second-order valence-corrected chi connectivity index (χ2v) is 4.78. The van der Waals surface area contributed by atoms with Crippen molar-refractivity contribution < 1.29 is 14.3 Å². The molecule has 2 aromatic rings. The quantitative estimate of drug-likeness (QED) is 0.679. The molecular weight excluding hydrogens is 252 g/mol. The first-order valence-electron chi connectivity index (χ1n) is 5.54. The van der Waals surface area contributed by atoms with Crippen molar-refractivity contribution in [3.8, 4) is 0 Å². The highest BCUT2D eigenvalue weighted by molar-refractivity contribution is 7.22. The number of nitrogens with zero attached hydrogens (tertiary/aromatic N) is 1. The lowest BCUT2D eigenvalue weighted by molar-refractivity contribution is -0.0905. The number of ether oxygens (including phenoxy) is 2. The van der Waals surface area contributed by atoms with Crippen molar-refractivity contribution in [2.24, 2.45) is 0 Å². The van der Waals surface area contributed by atoms with Gasteiger partial charge in [0.15, 0.2) is 5.13 Å². The molecule has 1 aromatic carbocycles. The van der Waals surface area contributed by atoms with Gasteiger partial charge in [-0.3, -0.25) is 0 Å². The summed E-state index contributed by atoms with van der Waals surface area (Å²) < 4.78 is 11.1. The summed E-state index contributed by atoms with van der Waals surface area (Å²) in [4.78, 5) is 16.0. The SMILES string of the molecule is CCC(OC)OC(=O)c1ccc2nc(N)sc2c1. The molecule has 0 aliphatic heterocycles. The van der Waals surface area contributed by atoms with E-state index in [-0.39, 0.29) is 0 Å². The number of fused-ring (bicyclic) bond motifs is 1. The molecule has 1 heterocycles. The molecule has 6 heteroatoms. The third-order valence-electron chi connectivity index (χ3n) is 2.48. The number of esters is 1. The number of benzene rings is 1. The van der Waals surface area contributed by atoms with Gasteiger partial charge in [-0.15, -0.1) is 0 Å². The summed E-state index contributed by atoms with van der Waals surface area (Å²) >= 11 is 1.34. The number of hydrogen-bond donors (Lipinski definition) is 1. The van der Waals surface area contributed by atoms with Crippen molar-refractivity contribution in [1.82, 2.24) is 4.98 Å². The van der Waals surface area contributed by atoms with Crippen LogP contribution in [0.1, 0.15) is 23.7 Å². The zero-order valence-corrected chi connectivity index (χ0v) is 11.0. The van der Waals surface area contributed by atoms with Gasteiger partial charge in [0.2, 0.25) is 6.29 Å². The Morgan fingerprint density at radius 2 is 2.33 bits per heavy atom. The Kier molecular flexibility index (Phi) is 3.78.